The molecule has 0 aliphatic carbocycles. The summed E-state index contributed by atoms with van der Waals surface area (Å²) < 4.78 is 5.32. The number of aromatic amines is 1. The summed E-state index contributed by atoms with van der Waals surface area (Å²) in [6.45, 7) is 5.81. The van der Waals surface area contributed by atoms with Gasteiger partial charge in [-0.2, -0.15) is 5.10 Å². The Bertz CT molecular complexity index is 832. The largest absolute Gasteiger partial charge is 0.378 e. The van der Waals surface area contributed by atoms with E-state index in [-0.39, 0.29) is 17.7 Å². The van der Waals surface area contributed by atoms with Crippen LogP contribution >= 0.6 is 0 Å². The van der Waals surface area contributed by atoms with Gasteiger partial charge in [-0.25, -0.2) is 0 Å². The number of aromatic nitrogens is 2. The molecule has 1 N–H and O–H groups in total. The maximum absolute atomic E-state index is 12.8. The summed E-state index contributed by atoms with van der Waals surface area (Å²) in [4.78, 5) is 29.2. The highest BCUT2D eigenvalue weighted by atomic mass is 16.5. The number of hydrogen-bond acceptors (Lipinski definition) is 4. The van der Waals surface area contributed by atoms with E-state index in [1.165, 1.54) is 5.56 Å². The molecular formula is C21H26N4O3. The van der Waals surface area contributed by atoms with E-state index in [0.29, 0.717) is 57.9 Å². The molecule has 4 rings (SSSR count). The van der Waals surface area contributed by atoms with Crippen LogP contribution in [0.25, 0.3) is 11.3 Å². The van der Waals surface area contributed by atoms with Gasteiger partial charge in [0, 0.05) is 37.7 Å². The molecule has 0 spiro atoms. The average molecular weight is 382 g/mol. The maximum Gasteiger partial charge on any atom is 0.271 e. The summed E-state index contributed by atoms with van der Waals surface area (Å²) in [6.07, 6.45) is 1.42. The highest BCUT2D eigenvalue weighted by molar-refractivity contribution is 5.93. The van der Waals surface area contributed by atoms with Gasteiger partial charge >= 0.3 is 0 Å². The van der Waals surface area contributed by atoms with Gasteiger partial charge in [0.2, 0.25) is 5.91 Å². The smallest absolute Gasteiger partial charge is 0.271 e. The van der Waals surface area contributed by atoms with E-state index in [1.54, 1.807) is 6.07 Å². The van der Waals surface area contributed by atoms with Crippen molar-refractivity contribution in [3.8, 4) is 11.3 Å². The molecule has 1 aromatic carbocycles. The number of amides is 2. The van der Waals surface area contributed by atoms with Crippen molar-refractivity contribution in [3.05, 3.63) is 41.6 Å². The molecule has 2 saturated heterocycles. The third-order valence-corrected chi connectivity index (χ3v) is 5.61. The van der Waals surface area contributed by atoms with E-state index in [9.17, 15) is 9.59 Å². The number of nitrogens with one attached hydrogen (secondary N) is 1. The minimum absolute atomic E-state index is 0.00652. The molecule has 3 heterocycles. The summed E-state index contributed by atoms with van der Waals surface area (Å²) in [5.74, 6) is 0.161. The van der Waals surface area contributed by atoms with Crippen molar-refractivity contribution in [1.82, 2.24) is 20.0 Å². The van der Waals surface area contributed by atoms with Crippen LogP contribution in [0, 0.1) is 12.8 Å². The van der Waals surface area contributed by atoms with Gasteiger partial charge in [-0.15, -0.1) is 0 Å². The van der Waals surface area contributed by atoms with E-state index >= 15 is 0 Å². The normalized spacial score (nSPS) is 18.3. The van der Waals surface area contributed by atoms with E-state index in [2.05, 4.69) is 10.2 Å². The number of ether oxygens (including phenoxy) is 1. The molecule has 2 aliphatic rings. The lowest BCUT2D eigenvalue weighted by Crippen LogP contribution is -2.47. The van der Waals surface area contributed by atoms with Gasteiger partial charge in [0.1, 0.15) is 5.69 Å². The lowest BCUT2D eigenvalue weighted by molar-refractivity contribution is -0.141. The van der Waals surface area contributed by atoms with Crippen molar-refractivity contribution in [2.24, 2.45) is 5.92 Å². The van der Waals surface area contributed by atoms with Crippen LogP contribution in [0.2, 0.25) is 0 Å². The minimum Gasteiger partial charge on any atom is -0.378 e. The summed E-state index contributed by atoms with van der Waals surface area (Å²) >= 11 is 0. The lowest BCUT2D eigenvalue weighted by Gasteiger charge is -2.35. The van der Waals surface area contributed by atoms with Gasteiger partial charge in [0.15, 0.2) is 0 Å². The Balaban J connectivity index is 1.35. The average Bonchev–Trinajstić information content (AvgIpc) is 3.24. The molecule has 0 saturated carbocycles. The summed E-state index contributed by atoms with van der Waals surface area (Å²) in [6, 6.07) is 9.87. The summed E-state index contributed by atoms with van der Waals surface area (Å²) in [5, 5.41) is 7.16. The second-order valence-corrected chi connectivity index (χ2v) is 7.54. The zero-order chi connectivity index (χ0) is 19.5. The van der Waals surface area contributed by atoms with Crippen LogP contribution in [0.1, 0.15) is 28.9 Å². The second-order valence-electron chi connectivity index (χ2n) is 7.54. The molecular weight excluding hydrogens is 356 g/mol. The second kappa shape index (κ2) is 8.14. The molecule has 7 heteroatoms. The topological polar surface area (TPSA) is 78.5 Å². The molecule has 7 nitrogen and oxygen atoms in total. The molecule has 2 fully saturated rings. The first kappa shape index (κ1) is 18.7. The van der Waals surface area contributed by atoms with Crippen LogP contribution in [0.3, 0.4) is 0 Å². The first-order chi connectivity index (χ1) is 13.6. The molecule has 2 amide bonds. The monoisotopic (exact) mass is 382 g/mol. The Morgan fingerprint density at radius 1 is 1.04 bits per heavy atom. The van der Waals surface area contributed by atoms with Crippen molar-refractivity contribution in [2.45, 2.75) is 19.8 Å². The van der Waals surface area contributed by atoms with Crippen molar-refractivity contribution in [2.75, 3.05) is 39.4 Å². The lowest BCUT2D eigenvalue weighted by atomic mass is 9.95. The van der Waals surface area contributed by atoms with Gasteiger partial charge in [0.05, 0.1) is 18.9 Å². The standard InChI is InChI=1S/C21H26N4O3/c1-15-2-4-16(5-3-15)18-14-19(23-22-18)21(27)24-8-6-17(7-9-24)20(26)25-10-12-28-13-11-25/h2-5,14,17H,6-13H2,1H3,(H,22,23). The highest BCUT2D eigenvalue weighted by Crippen LogP contribution is 2.23. The van der Waals surface area contributed by atoms with Crippen LogP contribution in [-0.2, 0) is 9.53 Å². The number of nitrogens with zero attached hydrogens (tertiary/aromatic N) is 3. The Morgan fingerprint density at radius 2 is 1.71 bits per heavy atom. The van der Waals surface area contributed by atoms with Crippen LogP contribution < -0.4 is 0 Å². The number of piperidine rings is 1. The number of morpholine rings is 1. The first-order valence-electron chi connectivity index (χ1n) is 9.90. The third kappa shape index (κ3) is 3.94. The number of carbonyl (C=O) groups excluding carboxylic acids is 2. The minimum atomic E-state index is -0.0527. The van der Waals surface area contributed by atoms with Crippen molar-refractivity contribution < 1.29 is 14.3 Å². The molecule has 2 aliphatic heterocycles. The molecule has 2 aromatic rings. The van der Waals surface area contributed by atoms with Crippen LogP contribution in [0.4, 0.5) is 0 Å². The van der Waals surface area contributed by atoms with E-state index < -0.39 is 0 Å². The molecule has 0 unspecified atom stereocenters. The Kier molecular flexibility index (Phi) is 5.43. The predicted molar refractivity (Wildman–Crippen MR) is 105 cm³/mol. The fourth-order valence-corrected chi connectivity index (χ4v) is 3.85. The molecule has 148 valence electrons. The highest BCUT2D eigenvalue weighted by Gasteiger charge is 2.31. The van der Waals surface area contributed by atoms with Crippen LogP contribution in [0.15, 0.2) is 30.3 Å². The van der Waals surface area contributed by atoms with Crippen molar-refractivity contribution in [1.29, 1.82) is 0 Å². The number of rotatable bonds is 3. The molecule has 1 aromatic heterocycles. The first-order valence-corrected chi connectivity index (χ1v) is 9.90. The molecule has 28 heavy (non-hydrogen) atoms. The fourth-order valence-electron chi connectivity index (χ4n) is 3.85. The number of carbonyl (C=O) groups is 2. The number of likely N-dealkylation sites (tertiary alicyclic amines) is 1. The SMILES string of the molecule is Cc1ccc(-c2cc(C(=O)N3CCC(C(=O)N4CCOCC4)CC3)[nH]n2)cc1. The van der Waals surface area contributed by atoms with E-state index in [0.717, 1.165) is 11.3 Å². The predicted octanol–water partition coefficient (Wildman–Crippen LogP) is 2.10. The van der Waals surface area contributed by atoms with E-state index in [1.807, 2.05) is 41.0 Å². The zero-order valence-corrected chi connectivity index (χ0v) is 16.2. The van der Waals surface area contributed by atoms with Crippen LogP contribution in [0.5, 0.6) is 0 Å². The third-order valence-electron chi connectivity index (χ3n) is 5.61. The Morgan fingerprint density at radius 3 is 2.39 bits per heavy atom. The quantitative estimate of drug-likeness (QED) is 0.882. The van der Waals surface area contributed by atoms with Gasteiger partial charge in [-0.3, -0.25) is 14.7 Å². The summed E-state index contributed by atoms with van der Waals surface area (Å²) in [7, 11) is 0. The van der Waals surface area contributed by atoms with Gasteiger partial charge < -0.3 is 14.5 Å². The van der Waals surface area contributed by atoms with Gasteiger partial charge in [-0.1, -0.05) is 29.8 Å². The fraction of sp³-hybridized carbons (Fsp3) is 0.476. The Hall–Kier alpha value is -2.67. The number of benzene rings is 1. The molecule has 0 bridgehead atoms. The summed E-state index contributed by atoms with van der Waals surface area (Å²) in [5.41, 5.74) is 3.43. The van der Waals surface area contributed by atoms with Gasteiger partial charge in [-0.05, 0) is 25.8 Å². The van der Waals surface area contributed by atoms with E-state index in [4.69, 9.17) is 4.74 Å². The number of H-pyrrole nitrogens is 1. The van der Waals surface area contributed by atoms with Crippen LogP contribution in [-0.4, -0.2) is 71.2 Å². The molecule has 0 radical (unpaired) electrons. The maximum atomic E-state index is 12.8. The van der Waals surface area contributed by atoms with Gasteiger partial charge in [0.25, 0.3) is 5.91 Å². The zero-order valence-electron chi connectivity index (χ0n) is 16.2. The number of hydrogen-bond donors (Lipinski definition) is 1. The van der Waals surface area contributed by atoms with Crippen molar-refractivity contribution in [3.63, 3.8) is 0 Å². The Labute approximate surface area is 164 Å². The molecule has 0 atom stereocenters. The number of aryl methyl sites for hydroxylation is 1. The van der Waals surface area contributed by atoms with Crippen molar-refractivity contribution >= 4 is 11.8 Å².